The second-order valence-electron chi connectivity index (χ2n) is 7.14. The van der Waals surface area contributed by atoms with Crippen molar-refractivity contribution in [1.29, 1.82) is 0 Å². The first-order valence-corrected chi connectivity index (χ1v) is 8.33. The van der Waals surface area contributed by atoms with Crippen LogP contribution in [0.15, 0.2) is 11.5 Å². The Morgan fingerprint density at radius 3 is 2.30 bits per heavy atom. The number of cyclic esters (lactones) is 1. The molecule has 2 rings (SSSR count). The Hall–Kier alpha value is -2.46. The zero-order valence-corrected chi connectivity index (χ0v) is 15.2. The summed E-state index contributed by atoms with van der Waals surface area (Å²) in [4.78, 5) is 45.7. The summed E-state index contributed by atoms with van der Waals surface area (Å²) in [6.45, 7) is 4.04. The predicted octanol–water partition coefficient (Wildman–Crippen LogP) is 0.295. The number of ketones is 2. The number of carbonyl (C=O) groups is 4. The number of rotatable bonds is 8. The molecule has 0 aromatic heterocycles. The van der Waals surface area contributed by atoms with Crippen LogP contribution in [0.2, 0.25) is 0 Å². The Balaban J connectivity index is 1.89. The lowest BCUT2D eigenvalue weighted by Gasteiger charge is -2.19. The third-order valence-corrected chi connectivity index (χ3v) is 4.88. The number of ether oxygens (including phenoxy) is 3. The summed E-state index contributed by atoms with van der Waals surface area (Å²) in [5, 5.41) is 30.3. The van der Waals surface area contributed by atoms with Crippen molar-refractivity contribution in [2.75, 3.05) is 6.61 Å². The van der Waals surface area contributed by atoms with E-state index in [1.54, 1.807) is 0 Å². The molecular weight excluding hydrogens is 364 g/mol. The fraction of sp³-hybridized carbons (Fsp3) is 0.647. The fourth-order valence-corrected chi connectivity index (χ4v) is 2.86. The zero-order chi connectivity index (χ0) is 20.6. The van der Waals surface area contributed by atoms with E-state index in [0.717, 1.165) is 0 Å². The minimum Gasteiger partial charge on any atom is -0.505 e. The molecular formula is C17H22O10. The smallest absolute Gasteiger partial charge is 0.505 e. The molecule has 0 spiro atoms. The van der Waals surface area contributed by atoms with E-state index in [1.807, 2.05) is 0 Å². The van der Waals surface area contributed by atoms with Crippen molar-refractivity contribution >= 4 is 23.7 Å². The van der Waals surface area contributed by atoms with Gasteiger partial charge in [-0.1, -0.05) is 13.8 Å². The van der Waals surface area contributed by atoms with Crippen LogP contribution < -0.4 is 0 Å². The van der Waals surface area contributed by atoms with Gasteiger partial charge in [0.25, 0.3) is 5.76 Å². The van der Waals surface area contributed by atoms with E-state index in [4.69, 9.17) is 4.74 Å². The second-order valence-corrected chi connectivity index (χ2v) is 7.14. The van der Waals surface area contributed by atoms with Gasteiger partial charge in [-0.15, -0.1) is 0 Å². The van der Waals surface area contributed by atoms with Crippen molar-refractivity contribution in [3.8, 4) is 0 Å². The molecule has 1 heterocycles. The third kappa shape index (κ3) is 3.81. The van der Waals surface area contributed by atoms with Crippen LogP contribution in [0.4, 0.5) is 4.79 Å². The van der Waals surface area contributed by atoms with Gasteiger partial charge in [-0.3, -0.25) is 4.79 Å². The van der Waals surface area contributed by atoms with E-state index >= 15 is 0 Å². The van der Waals surface area contributed by atoms with Crippen LogP contribution in [-0.4, -0.2) is 63.4 Å². The van der Waals surface area contributed by atoms with Gasteiger partial charge in [0.05, 0.1) is 6.10 Å². The number of esters is 1. The van der Waals surface area contributed by atoms with Crippen LogP contribution >= 0.6 is 0 Å². The van der Waals surface area contributed by atoms with Crippen molar-refractivity contribution in [1.82, 2.24) is 0 Å². The highest BCUT2D eigenvalue weighted by Crippen LogP contribution is 2.60. The number of hydrogen-bond donors (Lipinski definition) is 3. The summed E-state index contributed by atoms with van der Waals surface area (Å²) in [5.74, 6) is -3.30. The van der Waals surface area contributed by atoms with Gasteiger partial charge in [0.15, 0.2) is 11.9 Å². The molecule has 1 aliphatic carbocycles. The first-order chi connectivity index (χ1) is 12.4. The van der Waals surface area contributed by atoms with Gasteiger partial charge in [0.1, 0.15) is 23.8 Å². The first kappa shape index (κ1) is 20.8. The van der Waals surface area contributed by atoms with Crippen LogP contribution in [0.25, 0.3) is 0 Å². The monoisotopic (exact) mass is 386 g/mol. The molecule has 10 nitrogen and oxygen atoms in total. The van der Waals surface area contributed by atoms with Crippen molar-refractivity contribution in [3.63, 3.8) is 0 Å². The summed E-state index contributed by atoms with van der Waals surface area (Å²) in [6.07, 6.45) is -4.19. The van der Waals surface area contributed by atoms with Gasteiger partial charge < -0.3 is 34.3 Å². The van der Waals surface area contributed by atoms with E-state index in [0.29, 0.717) is 0 Å². The van der Waals surface area contributed by atoms with Crippen LogP contribution in [0.3, 0.4) is 0 Å². The van der Waals surface area contributed by atoms with Gasteiger partial charge in [0.2, 0.25) is 0 Å². The number of Topliss-reactive ketones (excluding diaryl/α,β-unsaturated/α-hetero) is 2. The second kappa shape index (κ2) is 7.28. The Morgan fingerprint density at radius 1 is 1.19 bits per heavy atom. The number of aliphatic hydroxyl groups is 3. The van der Waals surface area contributed by atoms with Crippen LogP contribution in [0.5, 0.6) is 0 Å². The van der Waals surface area contributed by atoms with E-state index in [2.05, 4.69) is 9.47 Å². The summed E-state index contributed by atoms with van der Waals surface area (Å²) < 4.78 is 14.1. The summed E-state index contributed by atoms with van der Waals surface area (Å²) in [5.41, 5.74) is -2.95. The average molecular weight is 386 g/mol. The number of hydrogen-bond acceptors (Lipinski definition) is 10. The molecule has 0 radical (unpaired) electrons. The quantitative estimate of drug-likeness (QED) is 0.495. The molecule has 10 heteroatoms. The van der Waals surface area contributed by atoms with Crippen molar-refractivity contribution in [2.45, 2.75) is 57.8 Å². The maximum atomic E-state index is 11.8. The highest BCUT2D eigenvalue weighted by molar-refractivity contribution is 5.92. The van der Waals surface area contributed by atoms with Crippen LogP contribution in [0.1, 0.15) is 40.0 Å². The lowest BCUT2D eigenvalue weighted by atomic mass is 10.0. The maximum absolute atomic E-state index is 11.8. The average Bonchev–Trinajstić information content (AvgIpc) is 2.83. The van der Waals surface area contributed by atoms with Crippen molar-refractivity contribution in [3.05, 3.63) is 11.5 Å². The fourth-order valence-electron chi connectivity index (χ4n) is 2.86. The Morgan fingerprint density at radius 2 is 1.78 bits per heavy atom. The largest absolute Gasteiger partial charge is 0.514 e. The summed E-state index contributed by atoms with van der Waals surface area (Å²) in [6, 6.07) is 0. The minimum absolute atomic E-state index is 0.0321. The predicted molar refractivity (Wildman–Crippen MR) is 86.2 cm³/mol. The van der Waals surface area contributed by atoms with Crippen LogP contribution in [0, 0.1) is 5.41 Å². The standard InChI is InChI=1S/C17H22O10/c1-8(18)4-5-9(19)6-7-25-15(23)26-11-10(20)12(27-13(11)21)17(24)14(22)16(17,2)3/h12,14,20,22,24H,4-7H2,1-3H3/t12-,14?,17+/m0/s1. The molecule has 150 valence electrons. The molecule has 3 atom stereocenters. The number of carbonyl (C=O) groups excluding carboxylic acids is 4. The molecule has 1 fully saturated rings. The SMILES string of the molecule is CC(=O)CCC(=O)CCOC(=O)OC1=C(O)[C@@H]([C@@]2(O)C(O)C2(C)C)OC1=O. The summed E-state index contributed by atoms with van der Waals surface area (Å²) in [7, 11) is 0. The summed E-state index contributed by atoms with van der Waals surface area (Å²) >= 11 is 0. The lowest BCUT2D eigenvalue weighted by Crippen LogP contribution is -2.36. The molecule has 0 amide bonds. The highest BCUT2D eigenvalue weighted by Gasteiger charge is 2.78. The molecule has 0 bridgehead atoms. The zero-order valence-electron chi connectivity index (χ0n) is 15.2. The molecule has 1 unspecified atom stereocenters. The molecule has 1 saturated carbocycles. The van der Waals surface area contributed by atoms with Crippen molar-refractivity contribution in [2.24, 2.45) is 5.41 Å². The normalized spacial score (nSPS) is 28.6. The van der Waals surface area contributed by atoms with Crippen molar-refractivity contribution < 1.29 is 48.7 Å². The molecule has 27 heavy (non-hydrogen) atoms. The van der Waals surface area contributed by atoms with Crippen LogP contribution in [-0.2, 0) is 28.6 Å². The highest BCUT2D eigenvalue weighted by atomic mass is 16.7. The van der Waals surface area contributed by atoms with E-state index in [1.165, 1.54) is 20.8 Å². The third-order valence-electron chi connectivity index (χ3n) is 4.88. The van der Waals surface area contributed by atoms with Gasteiger partial charge in [-0.2, -0.15) is 0 Å². The molecule has 3 N–H and O–H groups in total. The lowest BCUT2D eigenvalue weighted by molar-refractivity contribution is -0.150. The topological polar surface area (TPSA) is 157 Å². The van der Waals surface area contributed by atoms with E-state index < -0.39 is 46.9 Å². The van der Waals surface area contributed by atoms with E-state index in [-0.39, 0.29) is 37.4 Å². The van der Waals surface area contributed by atoms with Gasteiger partial charge in [-0.05, 0) is 6.92 Å². The van der Waals surface area contributed by atoms with E-state index in [9.17, 15) is 34.5 Å². The molecule has 0 saturated heterocycles. The number of aliphatic hydroxyl groups excluding tert-OH is 2. The van der Waals surface area contributed by atoms with Gasteiger partial charge in [0, 0.05) is 24.7 Å². The Kier molecular flexibility index (Phi) is 5.62. The minimum atomic E-state index is -1.91. The Bertz CT molecular complexity index is 707. The first-order valence-electron chi connectivity index (χ1n) is 8.33. The van der Waals surface area contributed by atoms with Gasteiger partial charge in [-0.25, -0.2) is 9.59 Å². The molecule has 0 aromatic rings. The Labute approximate surface area is 154 Å². The molecule has 0 aromatic carbocycles. The molecule has 2 aliphatic rings. The van der Waals surface area contributed by atoms with Gasteiger partial charge >= 0.3 is 12.1 Å². The maximum Gasteiger partial charge on any atom is 0.514 e. The molecule has 1 aliphatic heterocycles.